The highest BCUT2D eigenvalue weighted by molar-refractivity contribution is 7.14. The Morgan fingerprint density at radius 1 is 1.54 bits per heavy atom. The van der Waals surface area contributed by atoms with Crippen molar-refractivity contribution in [1.82, 2.24) is 0 Å². The summed E-state index contributed by atoms with van der Waals surface area (Å²) in [5.41, 5.74) is 1.14. The zero-order valence-electron chi connectivity index (χ0n) is 7.12. The summed E-state index contributed by atoms with van der Waals surface area (Å²) < 4.78 is 0.829. The Morgan fingerprint density at radius 2 is 2.31 bits per heavy atom. The van der Waals surface area contributed by atoms with Crippen molar-refractivity contribution >= 4 is 28.9 Å². The van der Waals surface area contributed by atoms with Crippen LogP contribution in [0.5, 0.6) is 0 Å². The maximum atomic E-state index is 10.2. The predicted molar refractivity (Wildman–Crippen MR) is 54.5 cm³/mol. The van der Waals surface area contributed by atoms with Gasteiger partial charge in [0.25, 0.3) is 0 Å². The van der Waals surface area contributed by atoms with Crippen LogP contribution in [0.25, 0.3) is 0 Å². The van der Waals surface area contributed by atoms with Gasteiger partial charge in [-0.1, -0.05) is 11.6 Å². The molecular formula is C9H11ClO2S. The largest absolute Gasteiger partial charge is 0.481 e. The number of hydrogen-bond acceptors (Lipinski definition) is 2. The number of aliphatic carboxylic acids is 1. The van der Waals surface area contributed by atoms with Gasteiger partial charge in [0.05, 0.1) is 4.34 Å². The first-order valence-electron chi connectivity index (χ1n) is 4.14. The average molecular weight is 219 g/mol. The van der Waals surface area contributed by atoms with Gasteiger partial charge in [-0.3, -0.25) is 4.79 Å². The molecule has 4 heteroatoms. The van der Waals surface area contributed by atoms with Gasteiger partial charge in [-0.15, -0.1) is 11.3 Å². The van der Waals surface area contributed by atoms with Crippen LogP contribution < -0.4 is 0 Å². The van der Waals surface area contributed by atoms with Crippen molar-refractivity contribution < 1.29 is 9.90 Å². The normalized spacial score (nSPS) is 10.2. The summed E-state index contributed by atoms with van der Waals surface area (Å²) >= 11 is 7.40. The minimum atomic E-state index is -0.726. The predicted octanol–water partition coefficient (Wildman–Crippen LogP) is 3.20. The quantitative estimate of drug-likeness (QED) is 0.771. The van der Waals surface area contributed by atoms with Crippen LogP contribution in [-0.2, 0) is 11.2 Å². The molecule has 1 rings (SSSR count). The van der Waals surface area contributed by atoms with Crippen molar-refractivity contribution in [2.75, 3.05) is 0 Å². The van der Waals surface area contributed by atoms with Crippen LogP contribution in [0.15, 0.2) is 11.4 Å². The SMILES string of the molecule is O=C(O)CCCCc1ccsc1Cl. The fourth-order valence-corrected chi connectivity index (χ4v) is 2.08. The number of aryl methyl sites for hydroxylation is 1. The van der Waals surface area contributed by atoms with Crippen LogP contribution in [0.3, 0.4) is 0 Å². The van der Waals surface area contributed by atoms with Crippen molar-refractivity contribution in [3.8, 4) is 0 Å². The van der Waals surface area contributed by atoms with Crippen LogP contribution in [0.1, 0.15) is 24.8 Å². The molecule has 0 saturated carbocycles. The van der Waals surface area contributed by atoms with Gasteiger partial charge in [-0.25, -0.2) is 0 Å². The van der Waals surface area contributed by atoms with Gasteiger partial charge in [0, 0.05) is 6.42 Å². The van der Waals surface area contributed by atoms with Gasteiger partial charge in [-0.05, 0) is 36.3 Å². The molecule has 0 saturated heterocycles. The third kappa shape index (κ3) is 3.79. The van der Waals surface area contributed by atoms with Gasteiger partial charge in [0.2, 0.25) is 0 Å². The topological polar surface area (TPSA) is 37.3 Å². The summed E-state index contributed by atoms with van der Waals surface area (Å²) in [5, 5.41) is 10.4. The number of unbranched alkanes of at least 4 members (excludes halogenated alkanes) is 1. The Labute approximate surface area is 86.2 Å². The van der Waals surface area contributed by atoms with Crippen LogP contribution in [0.2, 0.25) is 4.34 Å². The number of carbonyl (C=O) groups is 1. The fraction of sp³-hybridized carbons (Fsp3) is 0.444. The molecule has 1 aromatic heterocycles. The molecule has 0 aliphatic carbocycles. The minimum absolute atomic E-state index is 0.252. The zero-order chi connectivity index (χ0) is 9.68. The van der Waals surface area contributed by atoms with Gasteiger partial charge < -0.3 is 5.11 Å². The van der Waals surface area contributed by atoms with Gasteiger partial charge in [0.15, 0.2) is 0 Å². The number of carboxylic acid groups (broad SMARTS) is 1. The first-order valence-corrected chi connectivity index (χ1v) is 5.39. The molecule has 0 aromatic carbocycles. The maximum Gasteiger partial charge on any atom is 0.303 e. The molecule has 72 valence electrons. The Hall–Kier alpha value is -0.540. The second kappa shape index (κ2) is 5.25. The van der Waals surface area contributed by atoms with Crippen molar-refractivity contribution in [3.05, 3.63) is 21.3 Å². The lowest BCUT2D eigenvalue weighted by atomic mass is 10.1. The summed E-state index contributed by atoms with van der Waals surface area (Å²) in [5.74, 6) is -0.726. The monoisotopic (exact) mass is 218 g/mol. The number of thiophene rings is 1. The van der Waals surface area contributed by atoms with Gasteiger partial charge >= 0.3 is 5.97 Å². The van der Waals surface area contributed by atoms with Crippen molar-refractivity contribution in [3.63, 3.8) is 0 Å². The highest BCUT2D eigenvalue weighted by atomic mass is 35.5. The minimum Gasteiger partial charge on any atom is -0.481 e. The van der Waals surface area contributed by atoms with E-state index in [9.17, 15) is 4.79 Å². The lowest BCUT2D eigenvalue weighted by Crippen LogP contribution is -1.94. The molecule has 0 aliphatic heterocycles. The van der Waals surface area contributed by atoms with Crippen LogP contribution >= 0.6 is 22.9 Å². The van der Waals surface area contributed by atoms with E-state index in [2.05, 4.69) is 0 Å². The van der Waals surface area contributed by atoms with Crippen LogP contribution in [0, 0.1) is 0 Å². The molecule has 0 aliphatic rings. The Kier molecular flexibility index (Phi) is 4.25. The maximum absolute atomic E-state index is 10.2. The molecule has 0 unspecified atom stereocenters. The second-order valence-electron chi connectivity index (χ2n) is 2.82. The van der Waals surface area contributed by atoms with Gasteiger partial charge in [0.1, 0.15) is 0 Å². The lowest BCUT2D eigenvalue weighted by molar-refractivity contribution is -0.137. The van der Waals surface area contributed by atoms with E-state index in [-0.39, 0.29) is 6.42 Å². The van der Waals surface area contributed by atoms with Crippen molar-refractivity contribution in [2.24, 2.45) is 0 Å². The highest BCUT2D eigenvalue weighted by Gasteiger charge is 2.02. The number of halogens is 1. The Balaban J connectivity index is 2.20. The second-order valence-corrected chi connectivity index (χ2v) is 4.34. The Bertz CT molecular complexity index is 283. The number of rotatable bonds is 5. The molecule has 1 heterocycles. The standard InChI is InChI=1S/C9H11ClO2S/c10-9-7(5-6-13-9)3-1-2-4-8(11)12/h5-6H,1-4H2,(H,11,12). The molecule has 0 spiro atoms. The molecule has 1 N–H and O–H groups in total. The number of hydrogen-bond donors (Lipinski definition) is 1. The summed E-state index contributed by atoms with van der Waals surface area (Å²) in [7, 11) is 0. The third-order valence-electron chi connectivity index (χ3n) is 1.78. The van der Waals surface area contributed by atoms with E-state index in [0.717, 1.165) is 29.2 Å². The molecule has 1 aromatic rings. The Morgan fingerprint density at radius 3 is 2.85 bits per heavy atom. The molecule has 0 radical (unpaired) electrons. The molecule has 13 heavy (non-hydrogen) atoms. The molecule has 0 atom stereocenters. The van der Waals surface area contributed by atoms with E-state index in [1.165, 1.54) is 11.3 Å². The van der Waals surface area contributed by atoms with Crippen LogP contribution in [-0.4, -0.2) is 11.1 Å². The van der Waals surface area contributed by atoms with E-state index in [1.54, 1.807) is 0 Å². The third-order valence-corrected chi connectivity index (χ3v) is 3.03. The van der Waals surface area contributed by atoms with E-state index < -0.39 is 5.97 Å². The van der Waals surface area contributed by atoms with E-state index in [4.69, 9.17) is 16.7 Å². The summed E-state index contributed by atoms with van der Waals surface area (Å²) in [6.07, 6.45) is 2.75. The highest BCUT2D eigenvalue weighted by Crippen LogP contribution is 2.24. The first-order chi connectivity index (χ1) is 6.20. The smallest absolute Gasteiger partial charge is 0.303 e. The lowest BCUT2D eigenvalue weighted by Gasteiger charge is -1.97. The van der Waals surface area contributed by atoms with Crippen LogP contribution in [0.4, 0.5) is 0 Å². The van der Waals surface area contributed by atoms with Gasteiger partial charge in [-0.2, -0.15) is 0 Å². The summed E-state index contributed by atoms with van der Waals surface area (Å²) in [6.45, 7) is 0. The summed E-state index contributed by atoms with van der Waals surface area (Å²) in [4.78, 5) is 10.2. The zero-order valence-corrected chi connectivity index (χ0v) is 8.70. The molecule has 0 bridgehead atoms. The van der Waals surface area contributed by atoms with E-state index >= 15 is 0 Å². The first kappa shape index (κ1) is 10.5. The molecule has 0 fully saturated rings. The average Bonchev–Trinajstić information content (AvgIpc) is 2.45. The van der Waals surface area contributed by atoms with E-state index in [0.29, 0.717) is 0 Å². The molecular weight excluding hydrogens is 208 g/mol. The van der Waals surface area contributed by atoms with Crippen molar-refractivity contribution in [1.29, 1.82) is 0 Å². The summed E-state index contributed by atoms with van der Waals surface area (Å²) in [6, 6.07) is 1.99. The van der Waals surface area contributed by atoms with Crippen molar-refractivity contribution in [2.45, 2.75) is 25.7 Å². The van der Waals surface area contributed by atoms with E-state index in [1.807, 2.05) is 11.4 Å². The molecule has 2 nitrogen and oxygen atoms in total. The molecule has 0 amide bonds. The fourth-order valence-electron chi connectivity index (χ4n) is 1.09. The number of carboxylic acids is 1.